The predicted octanol–water partition coefficient (Wildman–Crippen LogP) is 1.63. The fraction of sp³-hybridized carbons (Fsp3) is 0.938. The normalized spacial score (nSPS) is 20.6. The number of esters is 1. The molecule has 5 heteroatoms. The molecule has 0 unspecified atom stereocenters. The Morgan fingerprint density at radius 3 is 2.00 bits per heavy atom. The van der Waals surface area contributed by atoms with Crippen molar-refractivity contribution in [3.8, 4) is 0 Å². The Morgan fingerprint density at radius 1 is 1.24 bits per heavy atom. The molecule has 1 rings (SSSR count). The zero-order valence-electron chi connectivity index (χ0n) is 15.2. The summed E-state index contributed by atoms with van der Waals surface area (Å²) in [5.41, 5.74) is 0.0870. The van der Waals surface area contributed by atoms with Gasteiger partial charge in [0.05, 0.1) is 0 Å². The Morgan fingerprint density at radius 2 is 1.71 bits per heavy atom. The smallest absolute Gasteiger partial charge is 0.302 e. The first kappa shape index (κ1) is 20.3. The first-order valence-electron chi connectivity index (χ1n) is 7.73. The number of ether oxygens (including phenoxy) is 1. The largest absolute Gasteiger partial charge is 0.462 e. The van der Waals surface area contributed by atoms with E-state index in [4.69, 9.17) is 4.74 Å². The number of piperidine rings is 1. The lowest BCUT2D eigenvalue weighted by Gasteiger charge is -2.45. The Bertz CT molecular complexity index is 299. The highest BCUT2D eigenvalue weighted by Crippen LogP contribution is 2.30. The van der Waals surface area contributed by atoms with Crippen LogP contribution in [0.4, 0.5) is 0 Å². The van der Waals surface area contributed by atoms with Crippen molar-refractivity contribution in [1.82, 2.24) is 15.5 Å². The molecule has 1 saturated heterocycles. The van der Waals surface area contributed by atoms with Crippen LogP contribution in [0, 0.1) is 0 Å². The number of hydrogen-bond acceptors (Lipinski definition) is 5. The number of carbonyl (C=O) groups is 1. The van der Waals surface area contributed by atoms with Crippen LogP contribution in [0.25, 0.3) is 0 Å². The Kier molecular flexibility index (Phi) is 8.44. The lowest BCUT2D eigenvalue weighted by molar-refractivity contribution is -0.150. The summed E-state index contributed by atoms with van der Waals surface area (Å²) in [7, 11) is 6.10. The van der Waals surface area contributed by atoms with E-state index in [1.165, 1.54) is 6.92 Å². The summed E-state index contributed by atoms with van der Waals surface area (Å²) in [6.07, 6.45) is 1.82. The van der Waals surface area contributed by atoms with Crippen LogP contribution in [0.3, 0.4) is 0 Å². The van der Waals surface area contributed by atoms with E-state index in [1.54, 1.807) is 0 Å². The highest BCUT2D eigenvalue weighted by Gasteiger charge is 2.38. The molecule has 2 N–H and O–H groups in total. The minimum Gasteiger partial charge on any atom is -0.462 e. The van der Waals surface area contributed by atoms with Gasteiger partial charge in [-0.3, -0.25) is 4.79 Å². The fourth-order valence-electron chi connectivity index (χ4n) is 2.88. The van der Waals surface area contributed by atoms with Crippen molar-refractivity contribution < 1.29 is 9.53 Å². The van der Waals surface area contributed by atoms with Gasteiger partial charge in [-0.05, 0) is 48.8 Å². The molecule has 0 bridgehead atoms. The van der Waals surface area contributed by atoms with Gasteiger partial charge in [0.25, 0.3) is 0 Å². The SMILES string of the molecule is CC(=O)OC1CC(C)(C)NC(C)(C)C1.CNCCN(C)C. The molecule has 0 aliphatic carbocycles. The van der Waals surface area contributed by atoms with Crippen molar-refractivity contribution >= 4 is 5.97 Å². The maximum Gasteiger partial charge on any atom is 0.302 e. The van der Waals surface area contributed by atoms with Gasteiger partial charge in [0.2, 0.25) is 0 Å². The lowest BCUT2D eigenvalue weighted by atomic mass is 9.81. The lowest BCUT2D eigenvalue weighted by Crippen LogP contribution is -2.59. The van der Waals surface area contributed by atoms with Crippen molar-refractivity contribution in [2.24, 2.45) is 0 Å². The standard InChI is InChI=1S/C11H21NO2.C5H14N2/c1-8(13)14-9-6-10(2,3)12-11(4,5)7-9;1-6-4-5-7(2)3/h9,12H,6-7H2,1-5H3;6H,4-5H2,1-3H3. The minimum absolute atomic E-state index is 0.0435. The van der Waals surface area contributed by atoms with Gasteiger partial charge >= 0.3 is 5.97 Å². The number of likely N-dealkylation sites (N-methyl/N-ethyl adjacent to an activating group) is 2. The van der Waals surface area contributed by atoms with Crippen LogP contribution in [0.5, 0.6) is 0 Å². The van der Waals surface area contributed by atoms with Gasteiger partial charge in [-0.15, -0.1) is 0 Å². The molecular formula is C16H35N3O2. The number of nitrogens with one attached hydrogen (secondary N) is 2. The molecule has 126 valence electrons. The van der Waals surface area contributed by atoms with Gasteiger partial charge in [-0.1, -0.05) is 0 Å². The van der Waals surface area contributed by atoms with Crippen molar-refractivity contribution in [3.63, 3.8) is 0 Å². The van der Waals surface area contributed by atoms with Crippen LogP contribution >= 0.6 is 0 Å². The fourth-order valence-corrected chi connectivity index (χ4v) is 2.88. The highest BCUT2D eigenvalue weighted by atomic mass is 16.5. The first-order valence-corrected chi connectivity index (χ1v) is 7.73. The zero-order chi connectivity index (χ0) is 16.7. The summed E-state index contributed by atoms with van der Waals surface area (Å²) in [4.78, 5) is 13.0. The van der Waals surface area contributed by atoms with E-state index in [1.807, 2.05) is 7.05 Å². The topological polar surface area (TPSA) is 53.6 Å². The van der Waals surface area contributed by atoms with Crippen LogP contribution in [-0.4, -0.2) is 62.3 Å². The maximum absolute atomic E-state index is 10.9. The molecule has 0 amide bonds. The molecule has 0 aromatic rings. The highest BCUT2D eigenvalue weighted by molar-refractivity contribution is 5.66. The van der Waals surface area contributed by atoms with Gasteiger partial charge in [0.15, 0.2) is 0 Å². The summed E-state index contributed by atoms with van der Waals surface area (Å²) in [5.74, 6) is -0.177. The summed E-state index contributed by atoms with van der Waals surface area (Å²) in [6.45, 7) is 12.2. The molecule has 0 spiro atoms. The summed E-state index contributed by atoms with van der Waals surface area (Å²) in [5, 5.41) is 6.60. The van der Waals surface area contributed by atoms with E-state index in [0.29, 0.717) is 0 Å². The van der Waals surface area contributed by atoms with Crippen LogP contribution < -0.4 is 10.6 Å². The second-order valence-electron chi connectivity index (χ2n) is 7.44. The van der Waals surface area contributed by atoms with Crippen LogP contribution in [0.15, 0.2) is 0 Å². The molecule has 1 heterocycles. The van der Waals surface area contributed by atoms with Crippen LogP contribution in [-0.2, 0) is 9.53 Å². The Balaban J connectivity index is 0.000000486. The third-order valence-electron chi connectivity index (χ3n) is 3.29. The van der Waals surface area contributed by atoms with Crippen molar-refractivity contribution in [2.75, 3.05) is 34.2 Å². The Hall–Kier alpha value is -0.650. The van der Waals surface area contributed by atoms with Crippen LogP contribution in [0.2, 0.25) is 0 Å². The monoisotopic (exact) mass is 301 g/mol. The van der Waals surface area contributed by atoms with Crippen molar-refractivity contribution in [3.05, 3.63) is 0 Å². The third kappa shape index (κ3) is 10.7. The molecule has 0 radical (unpaired) electrons. The maximum atomic E-state index is 10.9. The molecule has 0 aromatic carbocycles. The zero-order valence-corrected chi connectivity index (χ0v) is 15.2. The van der Waals surface area contributed by atoms with E-state index < -0.39 is 0 Å². The van der Waals surface area contributed by atoms with Gasteiger partial charge in [-0.2, -0.15) is 0 Å². The summed E-state index contributed by atoms with van der Waals surface area (Å²) < 4.78 is 5.28. The van der Waals surface area contributed by atoms with Gasteiger partial charge in [-0.25, -0.2) is 0 Å². The molecule has 1 aliphatic rings. The molecular weight excluding hydrogens is 266 g/mol. The van der Waals surface area contributed by atoms with Gasteiger partial charge in [0, 0.05) is 43.9 Å². The number of hydrogen-bond donors (Lipinski definition) is 2. The van der Waals surface area contributed by atoms with Crippen molar-refractivity contribution in [2.45, 2.75) is 64.6 Å². The Labute approximate surface area is 130 Å². The second-order valence-corrected chi connectivity index (χ2v) is 7.44. The molecule has 21 heavy (non-hydrogen) atoms. The van der Waals surface area contributed by atoms with E-state index in [0.717, 1.165) is 25.9 Å². The second kappa shape index (κ2) is 8.71. The quantitative estimate of drug-likeness (QED) is 0.773. The van der Waals surface area contributed by atoms with Gasteiger partial charge < -0.3 is 20.3 Å². The minimum atomic E-state index is -0.177. The molecule has 1 fully saturated rings. The number of rotatable bonds is 4. The van der Waals surface area contributed by atoms with E-state index in [9.17, 15) is 4.79 Å². The van der Waals surface area contributed by atoms with E-state index >= 15 is 0 Å². The van der Waals surface area contributed by atoms with Gasteiger partial charge in [0.1, 0.15) is 6.10 Å². The first-order chi connectivity index (χ1) is 9.47. The third-order valence-corrected chi connectivity index (χ3v) is 3.29. The average Bonchev–Trinajstić information content (AvgIpc) is 2.21. The summed E-state index contributed by atoms with van der Waals surface area (Å²) in [6, 6.07) is 0. The van der Waals surface area contributed by atoms with Crippen molar-refractivity contribution in [1.29, 1.82) is 0 Å². The van der Waals surface area contributed by atoms with E-state index in [-0.39, 0.29) is 23.2 Å². The summed E-state index contributed by atoms with van der Waals surface area (Å²) >= 11 is 0. The van der Waals surface area contributed by atoms with E-state index in [2.05, 4.69) is 57.3 Å². The molecule has 0 atom stereocenters. The molecule has 5 nitrogen and oxygen atoms in total. The number of nitrogens with zero attached hydrogens (tertiary/aromatic N) is 1. The predicted molar refractivity (Wildman–Crippen MR) is 88.6 cm³/mol. The molecule has 0 saturated carbocycles. The average molecular weight is 301 g/mol. The molecule has 0 aromatic heterocycles. The number of carbonyl (C=O) groups excluding carboxylic acids is 1. The molecule has 1 aliphatic heterocycles. The van der Waals surface area contributed by atoms with Crippen LogP contribution in [0.1, 0.15) is 47.5 Å².